The third-order valence-corrected chi connectivity index (χ3v) is 11.0. The third-order valence-electron chi connectivity index (χ3n) is 9.03. The zero-order chi connectivity index (χ0) is 33.6. The molecule has 0 radical (unpaired) electrons. The molecule has 4 aromatic heterocycles. The van der Waals surface area contributed by atoms with E-state index in [1.165, 1.54) is 17.8 Å². The van der Waals surface area contributed by atoms with Gasteiger partial charge in [-0.3, -0.25) is 32.4 Å². The molecule has 0 amide bonds. The molecule has 7 rings (SSSR count). The van der Waals surface area contributed by atoms with Crippen molar-refractivity contribution in [3.8, 4) is 0 Å². The van der Waals surface area contributed by atoms with E-state index >= 15 is 4.39 Å². The maximum atomic E-state index is 16.0. The largest absolute Gasteiger partial charge is 0.472 e. The lowest BCUT2D eigenvalue weighted by Crippen LogP contribution is -2.40. The highest BCUT2D eigenvalue weighted by Crippen LogP contribution is 2.59. The van der Waals surface area contributed by atoms with E-state index in [1.54, 1.807) is 6.92 Å². The standard InChI is InChI=1S/C23H29FN10O11P2/c1-8-13(33-6-30-12-19(33)31-22(26)32-20(12)36)15-16(35)23(8,2)4-42-47(39,40)44-14-9(3-41-46(37,38)45-15)43-21(10(14)24)34-7-29-11-17(25)27-5-28-18(11)34/h5-10,13-16,21,35H,3-4H2,1-2H3,(H,37,38)(H,39,40)(H2,25,27,28)(H3,26,31,32,36)/t8-,9-,10-,13-,14-,15+,16+,21-,23+/m1/s1. The van der Waals surface area contributed by atoms with Crippen molar-refractivity contribution in [1.29, 1.82) is 0 Å². The van der Waals surface area contributed by atoms with Gasteiger partial charge in [-0.25, -0.2) is 33.5 Å². The molecule has 3 fully saturated rings. The fourth-order valence-corrected chi connectivity index (χ4v) is 8.40. The van der Waals surface area contributed by atoms with Gasteiger partial charge in [-0.1, -0.05) is 13.8 Å². The van der Waals surface area contributed by atoms with Crippen LogP contribution in [-0.4, -0.2) is 97.7 Å². The SMILES string of the molecule is C[C@@H]1[C@@H](n2cnc3c(=O)[nH]c(N)nc32)[C@@H]2OP(=O)(O)OC[C@H]3O[C@@H](n4cnc5c(N)ncnc54)[C@H](F)[C@@H]3OP(=O)(O)OC[C@]1(C)[C@H]2O. The molecule has 4 aromatic rings. The first-order valence-corrected chi connectivity index (χ1v) is 17.0. The van der Waals surface area contributed by atoms with Gasteiger partial charge in [0.15, 0.2) is 35.0 Å². The molecule has 24 heteroatoms. The lowest BCUT2D eigenvalue weighted by atomic mass is 9.79. The molecule has 0 aromatic carbocycles. The molecule has 1 saturated carbocycles. The monoisotopic (exact) mass is 702 g/mol. The van der Waals surface area contributed by atoms with Gasteiger partial charge in [-0.05, 0) is 5.92 Å². The second-order valence-corrected chi connectivity index (χ2v) is 14.6. The highest BCUT2D eigenvalue weighted by atomic mass is 31.2. The van der Waals surface area contributed by atoms with Gasteiger partial charge in [-0.2, -0.15) is 4.98 Å². The summed E-state index contributed by atoms with van der Waals surface area (Å²) >= 11 is 0. The van der Waals surface area contributed by atoms with E-state index < -0.39 is 88.6 Å². The van der Waals surface area contributed by atoms with Crippen molar-refractivity contribution < 1.29 is 51.2 Å². The Labute approximate surface area is 262 Å². The number of hydrogen-bond donors (Lipinski definition) is 6. The molecule has 1 aliphatic carbocycles. The summed E-state index contributed by atoms with van der Waals surface area (Å²) in [7, 11) is -10.3. The predicted octanol–water partition coefficient (Wildman–Crippen LogP) is -0.0646. The number of fused-ring (bicyclic) bond motifs is 5. The smallest absolute Gasteiger partial charge is 0.390 e. The van der Waals surface area contributed by atoms with E-state index in [0.717, 1.165) is 17.2 Å². The molecule has 3 aliphatic rings. The van der Waals surface area contributed by atoms with Crippen molar-refractivity contribution in [1.82, 2.24) is 39.0 Å². The van der Waals surface area contributed by atoms with E-state index in [1.807, 2.05) is 0 Å². The maximum absolute atomic E-state index is 16.0. The number of halogens is 1. The number of nitrogens with zero attached hydrogens (tertiary/aromatic N) is 7. The fourth-order valence-electron chi connectivity index (χ4n) is 6.39. The van der Waals surface area contributed by atoms with Crippen LogP contribution in [0.4, 0.5) is 16.2 Å². The van der Waals surface area contributed by atoms with Gasteiger partial charge < -0.3 is 35.7 Å². The van der Waals surface area contributed by atoms with Crippen molar-refractivity contribution in [3.63, 3.8) is 0 Å². The summed E-state index contributed by atoms with van der Waals surface area (Å²) in [5, 5.41) is 11.5. The molecule has 11 atom stereocenters. The first-order valence-electron chi connectivity index (χ1n) is 14.0. The summed E-state index contributed by atoms with van der Waals surface area (Å²) in [6, 6.07) is -1.08. The number of aromatic amines is 1. The number of phosphoric ester groups is 2. The van der Waals surface area contributed by atoms with Crippen molar-refractivity contribution in [2.75, 3.05) is 24.7 Å². The molecule has 2 saturated heterocycles. The molecule has 6 heterocycles. The quantitative estimate of drug-likeness (QED) is 0.149. The molecule has 2 aliphatic heterocycles. The van der Waals surface area contributed by atoms with Crippen LogP contribution in [0.3, 0.4) is 0 Å². The van der Waals surface area contributed by atoms with Crippen LogP contribution in [0.25, 0.3) is 22.3 Å². The van der Waals surface area contributed by atoms with Crippen LogP contribution in [0.5, 0.6) is 0 Å². The van der Waals surface area contributed by atoms with Crippen molar-refractivity contribution in [3.05, 3.63) is 29.3 Å². The molecule has 21 nitrogen and oxygen atoms in total. The Hall–Kier alpha value is -3.43. The average molecular weight is 702 g/mol. The van der Waals surface area contributed by atoms with Crippen LogP contribution in [0.1, 0.15) is 26.1 Å². The Bertz CT molecular complexity index is 2030. The fraction of sp³-hybridized carbons (Fsp3) is 0.565. The Morgan fingerprint density at radius 1 is 1.02 bits per heavy atom. The van der Waals surface area contributed by atoms with Gasteiger partial charge in [0.2, 0.25) is 5.95 Å². The van der Waals surface area contributed by atoms with E-state index in [0.29, 0.717) is 0 Å². The van der Waals surface area contributed by atoms with Gasteiger partial charge in [0.05, 0.1) is 38.0 Å². The minimum Gasteiger partial charge on any atom is -0.390 e. The number of aliphatic hydroxyl groups excluding tert-OH is 1. The molecule has 2 unspecified atom stereocenters. The first-order chi connectivity index (χ1) is 22.1. The summed E-state index contributed by atoms with van der Waals surface area (Å²) in [6.07, 6.45) is -6.94. The molecule has 8 N–H and O–H groups in total. The van der Waals surface area contributed by atoms with Gasteiger partial charge in [0.1, 0.15) is 30.2 Å². The van der Waals surface area contributed by atoms with Crippen LogP contribution in [0.2, 0.25) is 0 Å². The van der Waals surface area contributed by atoms with Crippen LogP contribution >= 0.6 is 15.6 Å². The highest BCUT2D eigenvalue weighted by Gasteiger charge is 2.61. The molecule has 254 valence electrons. The number of anilines is 2. The zero-order valence-corrected chi connectivity index (χ0v) is 26.2. The van der Waals surface area contributed by atoms with Gasteiger partial charge in [-0.15, -0.1) is 0 Å². The molecule has 2 bridgehead atoms. The molecule has 47 heavy (non-hydrogen) atoms. The van der Waals surface area contributed by atoms with Crippen molar-refractivity contribution in [2.45, 2.75) is 56.7 Å². The topological polar surface area (TPSA) is 300 Å². The molecule has 0 spiro atoms. The van der Waals surface area contributed by atoms with Crippen LogP contribution in [0, 0.1) is 11.3 Å². The van der Waals surface area contributed by atoms with Crippen LogP contribution in [-0.2, 0) is 32.0 Å². The molecular weight excluding hydrogens is 673 g/mol. The number of ether oxygens (including phenoxy) is 1. The van der Waals surface area contributed by atoms with Gasteiger partial charge >= 0.3 is 15.6 Å². The van der Waals surface area contributed by atoms with Crippen molar-refractivity contribution >= 4 is 49.7 Å². The zero-order valence-electron chi connectivity index (χ0n) is 24.4. The second-order valence-electron chi connectivity index (χ2n) is 11.7. The lowest BCUT2D eigenvalue weighted by Gasteiger charge is -2.34. The predicted molar refractivity (Wildman–Crippen MR) is 155 cm³/mol. The normalized spacial score (nSPS) is 39.8. The second kappa shape index (κ2) is 11.1. The summed E-state index contributed by atoms with van der Waals surface area (Å²) < 4.78 is 72.4. The number of imidazole rings is 2. The Balaban J connectivity index is 1.25. The highest BCUT2D eigenvalue weighted by molar-refractivity contribution is 7.47. The summed E-state index contributed by atoms with van der Waals surface area (Å²) in [5.74, 6) is -1.04. The molecular formula is C23H29FN10O11P2. The van der Waals surface area contributed by atoms with Gasteiger partial charge in [0.25, 0.3) is 5.56 Å². The van der Waals surface area contributed by atoms with Crippen LogP contribution < -0.4 is 17.0 Å². The number of aliphatic hydroxyl groups is 1. The Morgan fingerprint density at radius 2 is 1.70 bits per heavy atom. The summed E-state index contributed by atoms with van der Waals surface area (Å²) in [6.45, 7) is 1.51. The Morgan fingerprint density at radius 3 is 2.47 bits per heavy atom. The number of H-pyrrole nitrogens is 1. The third kappa shape index (κ3) is 5.25. The number of nitrogens with two attached hydrogens (primary N) is 2. The van der Waals surface area contributed by atoms with E-state index in [4.69, 9.17) is 34.3 Å². The number of aromatic nitrogens is 8. The van der Waals surface area contributed by atoms with E-state index in [2.05, 4.69) is 29.9 Å². The van der Waals surface area contributed by atoms with Gasteiger partial charge in [0, 0.05) is 5.41 Å². The summed E-state index contributed by atoms with van der Waals surface area (Å²) in [4.78, 5) is 56.6. The average Bonchev–Trinajstić information content (AvgIpc) is 3.73. The number of nitrogens with one attached hydrogen (secondary N) is 1. The maximum Gasteiger partial charge on any atom is 0.472 e. The lowest BCUT2D eigenvalue weighted by molar-refractivity contribution is -0.0545. The van der Waals surface area contributed by atoms with Crippen molar-refractivity contribution in [2.24, 2.45) is 11.3 Å². The summed E-state index contributed by atoms with van der Waals surface area (Å²) in [5.41, 5.74) is 9.48. The number of nitrogen functional groups attached to an aromatic ring is 2. The first kappa shape index (κ1) is 32.1. The van der Waals surface area contributed by atoms with Crippen LogP contribution in [0.15, 0.2) is 23.8 Å². The van der Waals surface area contributed by atoms with E-state index in [9.17, 15) is 28.8 Å². The minimum atomic E-state index is -5.13. The number of phosphoric acid groups is 2. The minimum absolute atomic E-state index is 0.00325. The Kier molecular flexibility index (Phi) is 7.56. The van der Waals surface area contributed by atoms with E-state index in [-0.39, 0.29) is 34.1 Å². The number of alkyl halides is 1. The number of hydrogen-bond acceptors (Lipinski definition) is 16. The number of rotatable bonds is 2.